The van der Waals surface area contributed by atoms with Gasteiger partial charge in [-0.05, 0) is 30.9 Å². The molecule has 2 aliphatic heterocycles. The summed E-state index contributed by atoms with van der Waals surface area (Å²) in [6, 6.07) is 5.03. The van der Waals surface area contributed by atoms with Crippen LogP contribution in [-0.2, 0) is 14.8 Å². The van der Waals surface area contributed by atoms with Gasteiger partial charge in [0, 0.05) is 32.7 Å². The highest BCUT2D eigenvalue weighted by atomic mass is 32.2. The molecule has 206 valence electrons. The zero-order chi connectivity index (χ0) is 26.9. The molecule has 15 heteroatoms. The second-order valence-electron chi connectivity index (χ2n) is 9.34. The van der Waals surface area contributed by atoms with Crippen LogP contribution in [0.1, 0.15) is 25.1 Å². The number of ether oxygens (including phenoxy) is 2. The first-order valence-corrected chi connectivity index (χ1v) is 14.2. The van der Waals surface area contributed by atoms with Crippen molar-refractivity contribution < 1.29 is 26.7 Å². The van der Waals surface area contributed by atoms with E-state index in [1.165, 1.54) is 11.7 Å². The fraction of sp³-hybridized carbons (Fsp3) is 0.565. The van der Waals surface area contributed by atoms with Gasteiger partial charge < -0.3 is 19.3 Å². The van der Waals surface area contributed by atoms with Gasteiger partial charge >= 0.3 is 0 Å². The Morgan fingerprint density at radius 1 is 1.08 bits per heavy atom. The molecule has 0 saturated carbocycles. The number of nitrogens with zero attached hydrogens (tertiary/aromatic N) is 7. The molecule has 2 saturated heterocycles. The molecule has 2 aliphatic rings. The summed E-state index contributed by atoms with van der Waals surface area (Å²) in [5, 5.41) is 0. The van der Waals surface area contributed by atoms with Crippen molar-refractivity contribution in [2.75, 3.05) is 69.1 Å². The van der Waals surface area contributed by atoms with Gasteiger partial charge in [0.05, 0.1) is 32.1 Å². The van der Waals surface area contributed by atoms with Gasteiger partial charge in [0.1, 0.15) is 11.3 Å². The third kappa shape index (κ3) is 5.63. The van der Waals surface area contributed by atoms with Crippen molar-refractivity contribution in [1.82, 2.24) is 29.2 Å². The fourth-order valence-electron chi connectivity index (χ4n) is 4.78. The maximum absolute atomic E-state index is 14.2. The Labute approximate surface area is 219 Å². The van der Waals surface area contributed by atoms with Crippen molar-refractivity contribution in [2.24, 2.45) is 5.92 Å². The number of imidazole rings is 1. The minimum atomic E-state index is -3.32. The van der Waals surface area contributed by atoms with Crippen LogP contribution in [0.25, 0.3) is 17.0 Å². The van der Waals surface area contributed by atoms with E-state index in [2.05, 4.69) is 19.7 Å². The Balaban J connectivity index is 1.59. The predicted octanol–water partition coefficient (Wildman–Crippen LogP) is 1.76. The molecule has 1 aromatic carbocycles. The highest BCUT2D eigenvalue weighted by Crippen LogP contribution is 2.32. The van der Waals surface area contributed by atoms with E-state index in [1.54, 1.807) is 18.2 Å². The third-order valence-corrected chi connectivity index (χ3v) is 7.31. The summed E-state index contributed by atoms with van der Waals surface area (Å²) in [7, 11) is -1.87. The van der Waals surface area contributed by atoms with E-state index in [-0.39, 0.29) is 17.4 Å². The van der Waals surface area contributed by atoms with Crippen LogP contribution >= 0.6 is 0 Å². The average Bonchev–Trinajstić information content (AvgIpc) is 3.32. The first kappa shape index (κ1) is 26.4. The molecule has 0 bridgehead atoms. The van der Waals surface area contributed by atoms with Gasteiger partial charge in [-0.1, -0.05) is 6.07 Å². The molecule has 38 heavy (non-hydrogen) atoms. The number of piperidine rings is 1. The number of para-hydroxylation sites is 1. The van der Waals surface area contributed by atoms with Crippen LogP contribution in [0.3, 0.4) is 0 Å². The van der Waals surface area contributed by atoms with Gasteiger partial charge in [0.25, 0.3) is 6.43 Å². The van der Waals surface area contributed by atoms with E-state index in [1.807, 2.05) is 9.80 Å². The lowest BCUT2D eigenvalue weighted by Crippen LogP contribution is -2.42. The molecule has 12 nitrogen and oxygen atoms in total. The van der Waals surface area contributed by atoms with Gasteiger partial charge in [0.15, 0.2) is 5.82 Å². The molecule has 3 aromatic rings. The smallest absolute Gasteiger partial charge is 0.296 e. The molecule has 0 amide bonds. The number of aromatic nitrogens is 5. The van der Waals surface area contributed by atoms with Gasteiger partial charge in [-0.25, -0.2) is 26.9 Å². The minimum absolute atomic E-state index is 0.0268. The number of nitrogens with one attached hydrogen (secondary N) is 1. The van der Waals surface area contributed by atoms with Gasteiger partial charge in [0.2, 0.25) is 27.9 Å². The molecule has 0 spiro atoms. The highest BCUT2D eigenvalue weighted by molar-refractivity contribution is 7.88. The normalized spacial score (nSPS) is 18.9. The van der Waals surface area contributed by atoms with Crippen LogP contribution in [0.2, 0.25) is 0 Å². The van der Waals surface area contributed by atoms with Crippen molar-refractivity contribution in [3.8, 4) is 11.7 Å². The van der Waals surface area contributed by atoms with Gasteiger partial charge in [-0.3, -0.25) is 4.57 Å². The zero-order valence-electron chi connectivity index (χ0n) is 21.2. The number of fused-ring (bicyclic) bond motifs is 1. The zero-order valence-corrected chi connectivity index (χ0v) is 22.0. The van der Waals surface area contributed by atoms with E-state index < -0.39 is 22.3 Å². The van der Waals surface area contributed by atoms with Crippen molar-refractivity contribution in [3.05, 3.63) is 24.0 Å². The molecular weight excluding hydrogens is 522 g/mol. The number of rotatable bonds is 8. The molecule has 1 N–H and O–H groups in total. The number of benzene rings is 1. The van der Waals surface area contributed by atoms with Crippen LogP contribution < -0.4 is 19.3 Å². The standard InChI is InChI=1S/C23H30F2N8O4S/c1-36-17-7-3-6-16-18(17)27-20(19(24)25)33(16)23-29-21(31-9-11-37-12-10-31)28-22(30-23)32-8-4-5-15(14-32)13-26-38(2,34)35/h3,6-7,15,19,26H,4-5,8-14H2,1-2H3. The number of anilines is 2. The summed E-state index contributed by atoms with van der Waals surface area (Å²) < 4.78 is 66.3. The van der Waals surface area contributed by atoms with E-state index in [4.69, 9.17) is 14.5 Å². The summed E-state index contributed by atoms with van der Waals surface area (Å²) in [4.78, 5) is 22.0. The van der Waals surface area contributed by atoms with E-state index in [9.17, 15) is 17.2 Å². The molecule has 1 atom stereocenters. The van der Waals surface area contributed by atoms with Crippen LogP contribution in [0, 0.1) is 5.92 Å². The topological polar surface area (TPSA) is 128 Å². The SMILES string of the molecule is COc1cccc2c1nc(C(F)F)n2-c1nc(N2CCOCC2)nc(N2CCCC(CNS(C)(=O)=O)C2)n1. The number of morpholine rings is 1. The number of hydrogen-bond donors (Lipinski definition) is 1. The molecule has 1 unspecified atom stereocenters. The first-order chi connectivity index (χ1) is 18.2. The number of halogens is 2. The van der Waals surface area contributed by atoms with E-state index in [0.717, 1.165) is 19.1 Å². The molecule has 4 heterocycles. The lowest BCUT2D eigenvalue weighted by atomic mass is 9.99. The van der Waals surface area contributed by atoms with E-state index >= 15 is 0 Å². The summed E-state index contributed by atoms with van der Waals surface area (Å²) in [6.45, 7) is 3.52. The first-order valence-electron chi connectivity index (χ1n) is 12.4. The van der Waals surface area contributed by atoms with Crippen molar-refractivity contribution >= 4 is 33.0 Å². The molecule has 0 aliphatic carbocycles. The minimum Gasteiger partial charge on any atom is -0.494 e. The maximum Gasteiger partial charge on any atom is 0.296 e. The monoisotopic (exact) mass is 552 g/mol. The number of alkyl halides is 2. The summed E-state index contributed by atoms with van der Waals surface area (Å²) in [5.41, 5.74) is 0.670. The highest BCUT2D eigenvalue weighted by Gasteiger charge is 2.28. The maximum atomic E-state index is 14.2. The van der Waals surface area contributed by atoms with Gasteiger partial charge in [-0.15, -0.1) is 0 Å². The van der Waals surface area contributed by atoms with Crippen LogP contribution in [0.5, 0.6) is 5.75 Å². The number of sulfonamides is 1. The molecule has 0 radical (unpaired) electrons. The van der Waals surface area contributed by atoms with Crippen LogP contribution in [-0.4, -0.2) is 92.2 Å². The lowest BCUT2D eigenvalue weighted by Gasteiger charge is -2.34. The fourth-order valence-corrected chi connectivity index (χ4v) is 5.32. The Bertz CT molecular complexity index is 1400. The summed E-state index contributed by atoms with van der Waals surface area (Å²) in [5.74, 6) is 0.631. The molecule has 2 fully saturated rings. The number of hydrogen-bond acceptors (Lipinski definition) is 10. The van der Waals surface area contributed by atoms with Crippen LogP contribution in [0.15, 0.2) is 18.2 Å². The second kappa shape index (κ2) is 10.9. The Morgan fingerprint density at radius 2 is 1.79 bits per heavy atom. The second-order valence-corrected chi connectivity index (χ2v) is 11.2. The number of methoxy groups -OCH3 is 1. The van der Waals surface area contributed by atoms with Gasteiger partial charge in [-0.2, -0.15) is 15.0 Å². The van der Waals surface area contributed by atoms with Crippen molar-refractivity contribution in [1.29, 1.82) is 0 Å². The van der Waals surface area contributed by atoms with Crippen LogP contribution in [0.4, 0.5) is 20.7 Å². The largest absolute Gasteiger partial charge is 0.494 e. The lowest BCUT2D eigenvalue weighted by molar-refractivity contribution is 0.122. The Kier molecular flexibility index (Phi) is 7.59. The molecular formula is C23H30F2N8O4S. The van der Waals surface area contributed by atoms with Crippen molar-refractivity contribution in [3.63, 3.8) is 0 Å². The van der Waals surface area contributed by atoms with Crippen molar-refractivity contribution in [2.45, 2.75) is 19.3 Å². The third-order valence-electron chi connectivity index (χ3n) is 6.62. The predicted molar refractivity (Wildman–Crippen MR) is 137 cm³/mol. The Hall–Kier alpha value is -3.17. The molecule has 5 rings (SSSR count). The van der Waals surface area contributed by atoms with E-state index in [0.29, 0.717) is 69.1 Å². The quantitative estimate of drug-likeness (QED) is 0.442. The molecule has 2 aromatic heterocycles. The Morgan fingerprint density at radius 3 is 2.47 bits per heavy atom. The summed E-state index contributed by atoms with van der Waals surface area (Å²) >= 11 is 0. The average molecular weight is 553 g/mol. The summed E-state index contributed by atoms with van der Waals surface area (Å²) in [6.07, 6.45) is -0.113.